The molecular weight excluding hydrogens is 359 g/mol. The Balaban J connectivity index is 2.13. The van der Waals surface area contributed by atoms with Crippen LogP contribution < -0.4 is 10.1 Å². The minimum absolute atomic E-state index is 0.183. The number of hydrogen-bond acceptors (Lipinski definition) is 3. The van der Waals surface area contributed by atoms with Crippen molar-refractivity contribution in [2.75, 3.05) is 13.2 Å². The van der Waals surface area contributed by atoms with Gasteiger partial charge in [0.15, 0.2) is 6.61 Å². The number of nitrogens with zero attached hydrogens (tertiary/aromatic N) is 1. The number of ether oxygens (including phenoxy) is 1. The van der Waals surface area contributed by atoms with Crippen LogP contribution in [-0.2, 0) is 16.1 Å². The number of halogens is 1. The zero-order valence-corrected chi connectivity index (χ0v) is 16.6. The quantitative estimate of drug-likeness (QED) is 0.718. The van der Waals surface area contributed by atoms with Gasteiger partial charge in [-0.2, -0.15) is 0 Å². The Morgan fingerprint density at radius 1 is 1.14 bits per heavy atom. The average molecular weight is 386 g/mol. The molecule has 0 fully saturated rings. The Labute approximate surface area is 165 Å². The van der Waals surface area contributed by atoms with Crippen molar-refractivity contribution < 1.29 is 18.7 Å². The third kappa shape index (κ3) is 6.08. The summed E-state index contributed by atoms with van der Waals surface area (Å²) in [6.07, 6.45) is 0.806. The van der Waals surface area contributed by atoms with E-state index in [9.17, 15) is 14.0 Å². The second kappa shape index (κ2) is 10.4. The molecule has 0 saturated carbocycles. The minimum atomic E-state index is -0.676. The fourth-order valence-electron chi connectivity index (χ4n) is 2.71. The summed E-state index contributed by atoms with van der Waals surface area (Å²) in [5, 5.41) is 2.81. The maximum absolute atomic E-state index is 13.2. The number of amides is 2. The predicted molar refractivity (Wildman–Crippen MR) is 106 cm³/mol. The summed E-state index contributed by atoms with van der Waals surface area (Å²) in [5.74, 6) is -0.265. The first-order chi connectivity index (χ1) is 13.4. The highest BCUT2D eigenvalue weighted by Crippen LogP contribution is 2.17. The summed E-state index contributed by atoms with van der Waals surface area (Å²) in [6, 6.07) is 12.6. The number of para-hydroxylation sites is 1. The fraction of sp³-hybridized carbons (Fsp3) is 0.364. The summed E-state index contributed by atoms with van der Waals surface area (Å²) in [7, 11) is 0. The third-order valence-electron chi connectivity index (χ3n) is 4.43. The molecule has 2 aromatic carbocycles. The van der Waals surface area contributed by atoms with Crippen molar-refractivity contribution in [1.29, 1.82) is 0 Å². The molecule has 2 rings (SSSR count). The second-order valence-corrected chi connectivity index (χ2v) is 6.67. The van der Waals surface area contributed by atoms with E-state index in [4.69, 9.17) is 4.74 Å². The van der Waals surface area contributed by atoms with E-state index in [-0.39, 0.29) is 30.8 Å². The van der Waals surface area contributed by atoms with E-state index in [1.165, 1.54) is 17.0 Å². The van der Waals surface area contributed by atoms with Gasteiger partial charge in [0, 0.05) is 13.1 Å². The molecule has 1 unspecified atom stereocenters. The molecule has 0 radical (unpaired) electrons. The van der Waals surface area contributed by atoms with E-state index in [1.54, 1.807) is 25.1 Å². The van der Waals surface area contributed by atoms with E-state index < -0.39 is 6.04 Å². The Bertz CT molecular complexity index is 793. The van der Waals surface area contributed by atoms with Gasteiger partial charge in [-0.1, -0.05) is 37.3 Å². The number of nitrogens with one attached hydrogen (secondary N) is 1. The zero-order chi connectivity index (χ0) is 20.5. The molecule has 2 aromatic rings. The number of carbonyl (C=O) groups excluding carboxylic acids is 2. The Kier molecular flexibility index (Phi) is 7.99. The number of hydrogen-bond donors (Lipinski definition) is 1. The minimum Gasteiger partial charge on any atom is -0.484 e. The number of carbonyl (C=O) groups is 2. The van der Waals surface area contributed by atoms with Crippen LogP contribution in [0.25, 0.3) is 0 Å². The molecule has 150 valence electrons. The molecule has 0 heterocycles. The van der Waals surface area contributed by atoms with Crippen LogP contribution in [0.15, 0.2) is 48.5 Å². The third-order valence-corrected chi connectivity index (χ3v) is 4.43. The Morgan fingerprint density at radius 3 is 2.46 bits per heavy atom. The van der Waals surface area contributed by atoms with E-state index >= 15 is 0 Å². The van der Waals surface area contributed by atoms with Crippen molar-refractivity contribution in [2.24, 2.45) is 0 Å². The molecule has 0 saturated heterocycles. The highest BCUT2D eigenvalue weighted by atomic mass is 19.1. The van der Waals surface area contributed by atoms with Crippen LogP contribution in [0.3, 0.4) is 0 Å². The van der Waals surface area contributed by atoms with Crippen molar-refractivity contribution in [3.05, 3.63) is 65.5 Å². The van der Waals surface area contributed by atoms with Crippen molar-refractivity contribution in [3.63, 3.8) is 0 Å². The molecule has 2 amide bonds. The van der Waals surface area contributed by atoms with Gasteiger partial charge in [-0.05, 0) is 49.6 Å². The lowest BCUT2D eigenvalue weighted by Crippen LogP contribution is -2.49. The highest BCUT2D eigenvalue weighted by Gasteiger charge is 2.26. The van der Waals surface area contributed by atoms with Crippen LogP contribution in [0, 0.1) is 12.7 Å². The standard InChI is InChI=1S/C22H27FN2O3/c1-4-13-24-22(27)17(3)25(14-18-9-11-19(23)12-10-18)21(26)15-28-20-8-6-5-7-16(20)2/h5-12,17H,4,13-15H2,1-3H3,(H,24,27). The number of aryl methyl sites for hydroxylation is 1. The molecule has 0 aliphatic heterocycles. The van der Waals surface area contributed by atoms with Gasteiger partial charge in [0.25, 0.3) is 5.91 Å². The SMILES string of the molecule is CCCNC(=O)C(C)N(Cc1ccc(F)cc1)C(=O)COc1ccccc1C. The van der Waals surface area contributed by atoms with Crippen LogP contribution in [0.2, 0.25) is 0 Å². The van der Waals surface area contributed by atoms with Gasteiger partial charge in [-0.25, -0.2) is 4.39 Å². The van der Waals surface area contributed by atoms with Crippen LogP contribution >= 0.6 is 0 Å². The van der Waals surface area contributed by atoms with Gasteiger partial charge in [0.2, 0.25) is 5.91 Å². The lowest BCUT2D eigenvalue weighted by Gasteiger charge is -2.28. The highest BCUT2D eigenvalue weighted by molar-refractivity contribution is 5.87. The largest absolute Gasteiger partial charge is 0.484 e. The van der Waals surface area contributed by atoms with Gasteiger partial charge in [-0.3, -0.25) is 9.59 Å². The normalized spacial score (nSPS) is 11.6. The summed E-state index contributed by atoms with van der Waals surface area (Å²) >= 11 is 0. The molecule has 1 atom stereocenters. The lowest BCUT2D eigenvalue weighted by atomic mass is 10.1. The average Bonchev–Trinajstić information content (AvgIpc) is 2.70. The van der Waals surface area contributed by atoms with Crippen molar-refractivity contribution in [2.45, 2.75) is 39.8 Å². The second-order valence-electron chi connectivity index (χ2n) is 6.67. The smallest absolute Gasteiger partial charge is 0.261 e. The van der Waals surface area contributed by atoms with Gasteiger partial charge < -0.3 is 15.0 Å². The first-order valence-corrected chi connectivity index (χ1v) is 9.42. The maximum Gasteiger partial charge on any atom is 0.261 e. The number of rotatable bonds is 9. The van der Waals surface area contributed by atoms with Crippen molar-refractivity contribution in [1.82, 2.24) is 10.2 Å². The maximum atomic E-state index is 13.2. The van der Waals surface area contributed by atoms with E-state index in [0.29, 0.717) is 12.3 Å². The van der Waals surface area contributed by atoms with Crippen LogP contribution in [-0.4, -0.2) is 35.9 Å². The fourth-order valence-corrected chi connectivity index (χ4v) is 2.71. The Morgan fingerprint density at radius 2 is 1.82 bits per heavy atom. The molecule has 0 bridgehead atoms. The molecule has 6 heteroatoms. The summed E-state index contributed by atoms with van der Waals surface area (Å²) < 4.78 is 18.9. The first-order valence-electron chi connectivity index (χ1n) is 9.42. The van der Waals surface area contributed by atoms with Crippen LogP contribution in [0.1, 0.15) is 31.4 Å². The summed E-state index contributed by atoms with van der Waals surface area (Å²) in [5.41, 5.74) is 1.66. The van der Waals surface area contributed by atoms with Crippen molar-refractivity contribution in [3.8, 4) is 5.75 Å². The monoisotopic (exact) mass is 386 g/mol. The molecule has 0 aromatic heterocycles. The summed E-state index contributed by atoms with van der Waals surface area (Å²) in [6.45, 7) is 6.09. The summed E-state index contributed by atoms with van der Waals surface area (Å²) in [4.78, 5) is 26.7. The number of benzene rings is 2. The van der Waals surface area contributed by atoms with Gasteiger partial charge >= 0.3 is 0 Å². The van der Waals surface area contributed by atoms with Crippen LogP contribution in [0.5, 0.6) is 5.75 Å². The molecular formula is C22H27FN2O3. The van der Waals surface area contributed by atoms with E-state index in [2.05, 4.69) is 5.32 Å². The molecule has 0 aliphatic rings. The molecule has 1 N–H and O–H groups in total. The van der Waals surface area contributed by atoms with Gasteiger partial charge in [0.05, 0.1) is 0 Å². The van der Waals surface area contributed by atoms with Gasteiger partial charge in [-0.15, -0.1) is 0 Å². The van der Waals surface area contributed by atoms with Gasteiger partial charge in [0.1, 0.15) is 17.6 Å². The predicted octanol–water partition coefficient (Wildman–Crippen LogP) is 3.46. The molecule has 0 aliphatic carbocycles. The zero-order valence-electron chi connectivity index (χ0n) is 16.6. The Hall–Kier alpha value is -2.89. The first kappa shape index (κ1) is 21.4. The molecule has 0 spiro atoms. The topological polar surface area (TPSA) is 58.6 Å². The van der Waals surface area contributed by atoms with Crippen molar-refractivity contribution >= 4 is 11.8 Å². The van der Waals surface area contributed by atoms with Crippen LogP contribution in [0.4, 0.5) is 4.39 Å². The van der Waals surface area contributed by atoms with E-state index in [1.807, 2.05) is 32.0 Å². The lowest BCUT2D eigenvalue weighted by molar-refractivity contribution is -0.142. The molecule has 28 heavy (non-hydrogen) atoms. The van der Waals surface area contributed by atoms with E-state index in [0.717, 1.165) is 17.5 Å². The molecule has 5 nitrogen and oxygen atoms in total.